The Kier molecular flexibility index (Phi) is 3.48. The lowest BCUT2D eigenvalue weighted by Gasteiger charge is -2.07. The molecule has 1 aromatic heterocycles. The van der Waals surface area contributed by atoms with Gasteiger partial charge in [-0.05, 0) is 38.0 Å². The van der Waals surface area contributed by atoms with E-state index in [0.717, 1.165) is 6.42 Å². The Morgan fingerprint density at radius 2 is 2.06 bits per heavy atom. The van der Waals surface area contributed by atoms with E-state index in [1.165, 1.54) is 22.2 Å². The summed E-state index contributed by atoms with van der Waals surface area (Å²) in [6.45, 7) is 6.41. The number of aryl methyl sites for hydroxylation is 1. The molecule has 0 N–H and O–H groups in total. The van der Waals surface area contributed by atoms with Gasteiger partial charge in [0.25, 0.3) is 0 Å². The quantitative estimate of drug-likeness (QED) is 0.663. The van der Waals surface area contributed by atoms with Crippen LogP contribution in [0.15, 0.2) is 48.7 Å². The van der Waals surface area contributed by atoms with E-state index >= 15 is 0 Å². The number of rotatable bonds is 3. The summed E-state index contributed by atoms with van der Waals surface area (Å²) < 4.78 is 2.30. The average molecular weight is 225 g/mol. The van der Waals surface area contributed by atoms with E-state index in [4.69, 9.17) is 0 Å². The van der Waals surface area contributed by atoms with Crippen molar-refractivity contribution >= 4 is 16.6 Å². The van der Waals surface area contributed by atoms with Crippen molar-refractivity contribution < 1.29 is 0 Å². The molecule has 2 aromatic rings. The Morgan fingerprint density at radius 1 is 1.29 bits per heavy atom. The average Bonchev–Trinajstić information content (AvgIpc) is 2.69. The maximum absolute atomic E-state index is 2.30. The number of hydrogen-bond donors (Lipinski definition) is 0. The van der Waals surface area contributed by atoms with Crippen LogP contribution in [0.1, 0.15) is 25.8 Å². The fourth-order valence-corrected chi connectivity index (χ4v) is 2.16. The van der Waals surface area contributed by atoms with Gasteiger partial charge in [0.15, 0.2) is 0 Å². The molecule has 0 amide bonds. The second kappa shape index (κ2) is 5.05. The van der Waals surface area contributed by atoms with Crippen molar-refractivity contribution in [2.45, 2.75) is 27.2 Å². The highest BCUT2D eigenvalue weighted by Crippen LogP contribution is 2.24. The van der Waals surface area contributed by atoms with Gasteiger partial charge in [-0.1, -0.05) is 37.3 Å². The zero-order chi connectivity index (χ0) is 12.3. The third-order valence-corrected chi connectivity index (χ3v) is 3.06. The first-order chi connectivity index (χ1) is 8.27. The summed E-state index contributed by atoms with van der Waals surface area (Å²) in [5.74, 6) is 0. The van der Waals surface area contributed by atoms with Crippen LogP contribution in [0.4, 0.5) is 0 Å². The zero-order valence-corrected chi connectivity index (χ0v) is 10.8. The van der Waals surface area contributed by atoms with Crippen molar-refractivity contribution in [2.75, 3.05) is 0 Å². The van der Waals surface area contributed by atoms with E-state index in [9.17, 15) is 0 Å². The summed E-state index contributed by atoms with van der Waals surface area (Å²) in [4.78, 5) is 0. The molecule has 0 aliphatic rings. The first kappa shape index (κ1) is 11.7. The highest BCUT2D eigenvalue weighted by Gasteiger charge is 2.06. The summed E-state index contributed by atoms with van der Waals surface area (Å²) in [6.07, 6.45) is 9.61. The van der Waals surface area contributed by atoms with Crippen LogP contribution in [0.2, 0.25) is 0 Å². The number of para-hydroxylation sites is 1. The third kappa shape index (κ3) is 2.19. The molecule has 0 bridgehead atoms. The first-order valence-corrected chi connectivity index (χ1v) is 6.16. The molecule has 88 valence electrons. The Hall–Kier alpha value is -1.76. The van der Waals surface area contributed by atoms with Gasteiger partial charge >= 0.3 is 0 Å². The second-order valence-corrected chi connectivity index (χ2v) is 4.24. The molecule has 0 atom stereocenters. The monoisotopic (exact) mass is 225 g/mol. The van der Waals surface area contributed by atoms with Gasteiger partial charge < -0.3 is 4.57 Å². The summed E-state index contributed by atoms with van der Waals surface area (Å²) in [5, 5.41) is 1.34. The molecule has 1 heterocycles. The van der Waals surface area contributed by atoms with Crippen LogP contribution in [0.25, 0.3) is 16.6 Å². The van der Waals surface area contributed by atoms with Gasteiger partial charge in [0.1, 0.15) is 0 Å². The number of nitrogens with zero attached hydrogens (tertiary/aromatic N) is 1. The second-order valence-electron chi connectivity index (χ2n) is 4.24. The maximum Gasteiger partial charge on any atom is 0.0527 e. The lowest BCUT2D eigenvalue weighted by molar-refractivity contribution is 1.05. The van der Waals surface area contributed by atoms with Crippen molar-refractivity contribution in [2.24, 2.45) is 0 Å². The molecule has 0 aliphatic carbocycles. The Labute approximate surface area is 103 Å². The van der Waals surface area contributed by atoms with E-state index in [-0.39, 0.29) is 0 Å². The fraction of sp³-hybridized carbons (Fsp3) is 0.250. The van der Waals surface area contributed by atoms with Gasteiger partial charge in [0.05, 0.1) is 5.52 Å². The molecule has 0 unspecified atom stereocenters. The van der Waals surface area contributed by atoms with Crippen molar-refractivity contribution in [1.29, 1.82) is 0 Å². The largest absolute Gasteiger partial charge is 0.320 e. The van der Waals surface area contributed by atoms with Crippen LogP contribution in [-0.2, 0) is 0 Å². The first-order valence-electron chi connectivity index (χ1n) is 6.16. The van der Waals surface area contributed by atoms with Gasteiger partial charge in [-0.2, -0.15) is 0 Å². The molecule has 0 spiro atoms. The van der Waals surface area contributed by atoms with E-state index in [1.807, 2.05) is 6.92 Å². The van der Waals surface area contributed by atoms with Crippen molar-refractivity contribution in [3.8, 4) is 0 Å². The molecule has 0 aliphatic heterocycles. The molecule has 0 fully saturated rings. The summed E-state index contributed by atoms with van der Waals surface area (Å²) in [5.41, 5.74) is 3.95. The highest BCUT2D eigenvalue weighted by atomic mass is 15.0. The molecular weight excluding hydrogens is 206 g/mol. The summed E-state index contributed by atoms with van der Waals surface area (Å²) in [6, 6.07) is 8.56. The molecule has 1 aromatic carbocycles. The van der Waals surface area contributed by atoms with E-state index < -0.39 is 0 Å². The van der Waals surface area contributed by atoms with E-state index in [1.54, 1.807) is 0 Å². The smallest absolute Gasteiger partial charge is 0.0527 e. The lowest BCUT2D eigenvalue weighted by atomic mass is 10.2. The van der Waals surface area contributed by atoms with Gasteiger partial charge in [-0.15, -0.1) is 0 Å². The SMILES string of the molecule is C/C=C\C=C(/CC)n1cc(C)c2ccccc21. The highest BCUT2D eigenvalue weighted by molar-refractivity contribution is 5.86. The predicted molar refractivity (Wildman–Crippen MR) is 76.1 cm³/mol. The summed E-state index contributed by atoms with van der Waals surface area (Å²) >= 11 is 0. The minimum atomic E-state index is 1.03. The normalized spacial score (nSPS) is 12.8. The molecule has 0 saturated heterocycles. The number of fused-ring (bicyclic) bond motifs is 1. The van der Waals surface area contributed by atoms with Crippen LogP contribution in [0.3, 0.4) is 0 Å². The zero-order valence-electron chi connectivity index (χ0n) is 10.8. The van der Waals surface area contributed by atoms with Crippen molar-refractivity contribution in [1.82, 2.24) is 4.57 Å². The minimum Gasteiger partial charge on any atom is -0.320 e. The molecule has 0 saturated carbocycles. The molecule has 17 heavy (non-hydrogen) atoms. The Balaban J connectivity index is 2.62. The van der Waals surface area contributed by atoms with E-state index in [0.29, 0.717) is 0 Å². The van der Waals surface area contributed by atoms with Crippen molar-refractivity contribution in [3.63, 3.8) is 0 Å². The number of benzene rings is 1. The number of hydrogen-bond acceptors (Lipinski definition) is 0. The minimum absolute atomic E-state index is 1.03. The molecule has 0 radical (unpaired) electrons. The Bertz CT molecular complexity index is 570. The van der Waals surface area contributed by atoms with Gasteiger partial charge in [0.2, 0.25) is 0 Å². The topological polar surface area (TPSA) is 4.93 Å². The van der Waals surface area contributed by atoms with Gasteiger partial charge in [0, 0.05) is 17.3 Å². The standard InChI is InChI=1S/C16H19N/c1-4-6-9-14(5-2)17-12-13(3)15-10-7-8-11-16(15)17/h4,6-12H,5H2,1-3H3/b6-4-,14-9+. The van der Waals surface area contributed by atoms with Crippen LogP contribution in [-0.4, -0.2) is 4.57 Å². The molecule has 1 heteroatoms. The molecule has 1 nitrogen and oxygen atoms in total. The van der Waals surface area contributed by atoms with Gasteiger partial charge in [-0.25, -0.2) is 0 Å². The molecule has 2 rings (SSSR count). The Morgan fingerprint density at radius 3 is 2.76 bits per heavy atom. The molecular formula is C16H19N. The third-order valence-electron chi connectivity index (χ3n) is 3.06. The van der Waals surface area contributed by atoms with Crippen molar-refractivity contribution in [3.05, 3.63) is 54.3 Å². The van der Waals surface area contributed by atoms with Crippen LogP contribution in [0.5, 0.6) is 0 Å². The van der Waals surface area contributed by atoms with Crippen LogP contribution >= 0.6 is 0 Å². The summed E-state index contributed by atoms with van der Waals surface area (Å²) in [7, 11) is 0. The van der Waals surface area contributed by atoms with Crippen LogP contribution in [0, 0.1) is 6.92 Å². The van der Waals surface area contributed by atoms with Gasteiger partial charge in [-0.3, -0.25) is 0 Å². The van der Waals surface area contributed by atoms with Crippen LogP contribution < -0.4 is 0 Å². The maximum atomic E-state index is 2.30. The number of allylic oxidation sites excluding steroid dienone is 4. The lowest BCUT2D eigenvalue weighted by Crippen LogP contribution is -1.93. The van der Waals surface area contributed by atoms with E-state index in [2.05, 4.69) is 67.1 Å². The fourth-order valence-electron chi connectivity index (χ4n) is 2.16. The predicted octanol–water partition coefficient (Wildman–Crippen LogP) is 4.78. The number of aromatic nitrogens is 1.